The number of nitrogens with zero attached hydrogens (tertiary/aromatic N) is 4. The van der Waals surface area contributed by atoms with Gasteiger partial charge in [0.15, 0.2) is 5.82 Å². The summed E-state index contributed by atoms with van der Waals surface area (Å²) in [5.41, 5.74) is 0.0609. The molecular formula is C12H23N5O2. The molecule has 1 N–H and O–H groups in total. The molecule has 0 aromatic carbocycles. The van der Waals surface area contributed by atoms with Crippen LogP contribution in [-0.2, 0) is 16.0 Å². The Morgan fingerprint density at radius 2 is 2.21 bits per heavy atom. The predicted molar refractivity (Wildman–Crippen MR) is 69.6 cm³/mol. The minimum Gasteiger partial charge on any atom is -0.383 e. The van der Waals surface area contributed by atoms with Crippen molar-refractivity contribution >= 4 is 0 Å². The van der Waals surface area contributed by atoms with Gasteiger partial charge in [-0.15, -0.1) is 5.10 Å². The molecule has 0 bridgehead atoms. The van der Waals surface area contributed by atoms with Gasteiger partial charge in [0.1, 0.15) is 0 Å². The van der Waals surface area contributed by atoms with Crippen LogP contribution in [0.2, 0.25) is 0 Å². The van der Waals surface area contributed by atoms with Crippen LogP contribution in [-0.4, -0.2) is 53.7 Å². The smallest absolute Gasteiger partial charge is 0.165 e. The molecule has 108 valence electrons. The molecule has 0 radical (unpaired) electrons. The summed E-state index contributed by atoms with van der Waals surface area (Å²) in [6, 6.07) is 0.298. The van der Waals surface area contributed by atoms with Crippen molar-refractivity contribution in [2.24, 2.45) is 5.41 Å². The first kappa shape index (κ1) is 14.4. The Kier molecular flexibility index (Phi) is 4.49. The molecule has 7 nitrogen and oxygen atoms in total. The molecule has 7 heteroatoms. The molecule has 1 saturated carbocycles. The van der Waals surface area contributed by atoms with Crippen molar-refractivity contribution in [1.82, 2.24) is 25.5 Å². The summed E-state index contributed by atoms with van der Waals surface area (Å²) in [4.78, 5) is 0. The third-order valence-electron chi connectivity index (χ3n) is 4.03. The van der Waals surface area contributed by atoms with E-state index in [4.69, 9.17) is 9.47 Å². The lowest BCUT2D eigenvalue weighted by Gasteiger charge is -2.50. The van der Waals surface area contributed by atoms with E-state index in [9.17, 15) is 0 Å². The van der Waals surface area contributed by atoms with Crippen molar-refractivity contribution in [2.75, 3.05) is 27.4 Å². The lowest BCUT2D eigenvalue weighted by atomic mass is 9.64. The number of rotatable bonds is 7. The molecule has 1 aromatic rings. The number of nitrogens with one attached hydrogen (secondary N) is 1. The highest BCUT2D eigenvalue weighted by Crippen LogP contribution is 2.50. The van der Waals surface area contributed by atoms with Crippen LogP contribution in [0.1, 0.15) is 32.1 Å². The topological polar surface area (TPSA) is 74.1 Å². The van der Waals surface area contributed by atoms with Gasteiger partial charge in [0.25, 0.3) is 0 Å². The van der Waals surface area contributed by atoms with E-state index in [0.717, 1.165) is 18.8 Å². The Balaban J connectivity index is 1.97. The average Bonchev–Trinajstić information content (AvgIpc) is 2.82. The van der Waals surface area contributed by atoms with Gasteiger partial charge < -0.3 is 14.8 Å². The standard InChI is InChI=1S/C12H23N5O2/c1-12(2)9(7-10(12)19-4)17-11(14-15-16-17)8-13-5-6-18-3/h9-10,13H,5-8H2,1-4H3. The molecular weight excluding hydrogens is 246 g/mol. The highest BCUT2D eigenvalue weighted by Gasteiger charge is 2.51. The van der Waals surface area contributed by atoms with Gasteiger partial charge in [-0.25, -0.2) is 4.68 Å². The molecule has 19 heavy (non-hydrogen) atoms. The zero-order valence-corrected chi connectivity index (χ0v) is 12.1. The second-order valence-corrected chi connectivity index (χ2v) is 5.51. The highest BCUT2D eigenvalue weighted by atomic mass is 16.5. The van der Waals surface area contributed by atoms with Gasteiger partial charge in [-0.3, -0.25) is 0 Å². The van der Waals surface area contributed by atoms with Gasteiger partial charge in [-0.05, 0) is 16.8 Å². The number of tetrazole rings is 1. The predicted octanol–water partition coefficient (Wildman–Crippen LogP) is 0.395. The zero-order chi connectivity index (χ0) is 13.9. The lowest BCUT2D eigenvalue weighted by Crippen LogP contribution is -2.51. The van der Waals surface area contributed by atoms with Crippen molar-refractivity contribution in [2.45, 2.75) is 39.0 Å². The van der Waals surface area contributed by atoms with Crippen LogP contribution in [0.15, 0.2) is 0 Å². The first-order valence-electron chi connectivity index (χ1n) is 6.60. The average molecular weight is 269 g/mol. The van der Waals surface area contributed by atoms with Gasteiger partial charge in [-0.1, -0.05) is 13.8 Å². The monoisotopic (exact) mass is 269 g/mol. The Morgan fingerprint density at radius 3 is 2.84 bits per heavy atom. The second-order valence-electron chi connectivity index (χ2n) is 5.51. The molecule has 0 aliphatic heterocycles. The van der Waals surface area contributed by atoms with Crippen molar-refractivity contribution in [3.8, 4) is 0 Å². The summed E-state index contributed by atoms with van der Waals surface area (Å²) < 4.78 is 12.4. The van der Waals surface area contributed by atoms with E-state index in [2.05, 4.69) is 34.7 Å². The molecule has 2 atom stereocenters. The van der Waals surface area contributed by atoms with E-state index in [1.165, 1.54) is 0 Å². The maximum Gasteiger partial charge on any atom is 0.165 e. The molecule has 0 amide bonds. The SMILES string of the molecule is COCCNCc1nnnn1C1CC(OC)C1(C)C. The van der Waals surface area contributed by atoms with Gasteiger partial charge in [0, 0.05) is 26.2 Å². The third-order valence-corrected chi connectivity index (χ3v) is 4.03. The number of hydrogen-bond acceptors (Lipinski definition) is 6. The maximum absolute atomic E-state index is 5.47. The molecule has 0 spiro atoms. The molecule has 1 heterocycles. The fourth-order valence-electron chi connectivity index (χ4n) is 2.62. The summed E-state index contributed by atoms with van der Waals surface area (Å²) in [7, 11) is 3.45. The van der Waals surface area contributed by atoms with Crippen molar-refractivity contribution in [1.29, 1.82) is 0 Å². The fourth-order valence-corrected chi connectivity index (χ4v) is 2.62. The van der Waals surface area contributed by atoms with Crippen LogP contribution in [0, 0.1) is 5.41 Å². The summed E-state index contributed by atoms with van der Waals surface area (Å²) >= 11 is 0. The second kappa shape index (κ2) is 5.94. The minimum atomic E-state index is 0.0609. The van der Waals surface area contributed by atoms with Gasteiger partial charge in [0.2, 0.25) is 0 Å². The molecule has 2 unspecified atom stereocenters. The Labute approximate surface area is 113 Å². The number of ether oxygens (including phenoxy) is 2. The quantitative estimate of drug-likeness (QED) is 0.722. The largest absolute Gasteiger partial charge is 0.383 e. The first-order chi connectivity index (χ1) is 9.11. The highest BCUT2D eigenvalue weighted by molar-refractivity contribution is 5.03. The van der Waals surface area contributed by atoms with Crippen LogP contribution in [0.3, 0.4) is 0 Å². The van der Waals surface area contributed by atoms with Gasteiger partial charge in [-0.2, -0.15) is 0 Å². The van der Waals surface area contributed by atoms with Crippen molar-refractivity contribution in [3.05, 3.63) is 5.82 Å². The normalized spacial score (nSPS) is 25.3. The summed E-state index contributed by atoms with van der Waals surface area (Å²) in [6.07, 6.45) is 1.23. The van der Waals surface area contributed by atoms with Crippen molar-refractivity contribution < 1.29 is 9.47 Å². The first-order valence-corrected chi connectivity index (χ1v) is 6.60. The van der Waals surface area contributed by atoms with E-state index in [1.807, 2.05) is 4.68 Å². The minimum absolute atomic E-state index is 0.0609. The Morgan fingerprint density at radius 1 is 1.42 bits per heavy atom. The Bertz CT molecular complexity index is 407. The molecule has 1 aliphatic carbocycles. The van der Waals surface area contributed by atoms with Crippen LogP contribution in [0.25, 0.3) is 0 Å². The fraction of sp³-hybridized carbons (Fsp3) is 0.917. The van der Waals surface area contributed by atoms with Gasteiger partial charge >= 0.3 is 0 Å². The van der Waals surface area contributed by atoms with E-state index < -0.39 is 0 Å². The number of methoxy groups -OCH3 is 2. The van der Waals surface area contributed by atoms with E-state index in [1.54, 1.807) is 14.2 Å². The summed E-state index contributed by atoms with van der Waals surface area (Å²) in [6.45, 7) is 6.51. The van der Waals surface area contributed by atoms with Crippen LogP contribution in [0.5, 0.6) is 0 Å². The molecule has 1 fully saturated rings. The number of hydrogen-bond donors (Lipinski definition) is 1. The van der Waals surface area contributed by atoms with E-state index in [0.29, 0.717) is 19.2 Å². The molecule has 0 saturated heterocycles. The Hall–Kier alpha value is -1.05. The van der Waals surface area contributed by atoms with Crippen LogP contribution < -0.4 is 5.32 Å². The zero-order valence-electron chi connectivity index (χ0n) is 12.1. The lowest BCUT2D eigenvalue weighted by molar-refractivity contribution is -0.117. The van der Waals surface area contributed by atoms with E-state index >= 15 is 0 Å². The van der Waals surface area contributed by atoms with Crippen molar-refractivity contribution in [3.63, 3.8) is 0 Å². The molecule has 2 rings (SSSR count). The summed E-state index contributed by atoms with van der Waals surface area (Å²) in [5.74, 6) is 0.865. The number of aromatic nitrogens is 4. The maximum atomic E-state index is 5.47. The third kappa shape index (κ3) is 2.77. The summed E-state index contributed by atoms with van der Waals surface area (Å²) in [5, 5.41) is 15.3. The van der Waals surface area contributed by atoms with E-state index in [-0.39, 0.29) is 11.5 Å². The molecule has 1 aliphatic rings. The van der Waals surface area contributed by atoms with Crippen LogP contribution >= 0.6 is 0 Å². The molecule has 1 aromatic heterocycles. The van der Waals surface area contributed by atoms with Gasteiger partial charge in [0.05, 0.1) is 25.3 Å². The van der Waals surface area contributed by atoms with Crippen LogP contribution in [0.4, 0.5) is 0 Å².